The Bertz CT molecular complexity index is 324. The molecule has 0 saturated heterocycles. The molecule has 0 aliphatic heterocycles. The summed E-state index contributed by atoms with van der Waals surface area (Å²) < 4.78 is 10.9. The van der Waals surface area contributed by atoms with Gasteiger partial charge in [-0.25, -0.2) is 4.79 Å². The Morgan fingerprint density at radius 3 is 2.37 bits per heavy atom. The molecule has 110 valence electrons. The smallest absolute Gasteiger partial charge is 0.404 e. The highest BCUT2D eigenvalue weighted by molar-refractivity contribution is 5.65. The zero-order chi connectivity index (χ0) is 14.0. The number of hydrogen-bond acceptors (Lipinski definition) is 4. The summed E-state index contributed by atoms with van der Waals surface area (Å²) in [6, 6.07) is -0.201. The maximum atomic E-state index is 10.9. The van der Waals surface area contributed by atoms with Crippen molar-refractivity contribution in [3.63, 3.8) is 0 Å². The van der Waals surface area contributed by atoms with E-state index < -0.39 is 6.09 Å². The molecule has 1 amide bonds. The number of aliphatic hydroxyl groups excluding tert-OH is 1. The first-order chi connectivity index (χ1) is 9.10. The van der Waals surface area contributed by atoms with Crippen LogP contribution in [0.1, 0.15) is 19.3 Å². The number of fused-ring (bicyclic) bond motifs is 1. The lowest BCUT2D eigenvalue weighted by Crippen LogP contribution is -2.50. The summed E-state index contributed by atoms with van der Waals surface area (Å²) in [6.45, 7) is 0.0944. The van der Waals surface area contributed by atoms with Crippen LogP contribution in [-0.4, -0.2) is 55.4 Å². The van der Waals surface area contributed by atoms with Crippen LogP contribution in [0.15, 0.2) is 0 Å². The third-order valence-corrected chi connectivity index (χ3v) is 4.80. The van der Waals surface area contributed by atoms with Crippen molar-refractivity contribution in [2.75, 3.05) is 20.8 Å². The van der Waals surface area contributed by atoms with E-state index in [1.54, 1.807) is 14.2 Å². The Morgan fingerprint density at radius 2 is 1.84 bits per heavy atom. The Kier molecular flexibility index (Phi) is 4.65. The molecule has 0 spiro atoms. The van der Waals surface area contributed by atoms with Crippen molar-refractivity contribution in [1.82, 2.24) is 5.32 Å². The first-order valence-corrected chi connectivity index (χ1v) is 6.76. The third-order valence-electron chi connectivity index (χ3n) is 4.80. The van der Waals surface area contributed by atoms with Crippen LogP contribution >= 0.6 is 0 Å². The summed E-state index contributed by atoms with van der Waals surface area (Å²) in [5.41, 5.74) is 0. The number of nitrogens with one attached hydrogen (secondary N) is 1. The lowest BCUT2D eigenvalue weighted by Gasteiger charge is -2.39. The van der Waals surface area contributed by atoms with Gasteiger partial charge >= 0.3 is 6.09 Å². The summed E-state index contributed by atoms with van der Waals surface area (Å²) in [7, 11) is 3.29. The standard InChI is InChI=1S/C13H23NO5/c1-18-11-3-7-4-12(19-2)10(14-13(16)17)5-8(7)9(11)6-15/h7-12,14-15H,3-6H2,1-2H3,(H,16,17)/t7-,8-,9+,10+,11+,12+/m1/s1. The number of amides is 1. The van der Waals surface area contributed by atoms with Gasteiger partial charge in [-0.15, -0.1) is 0 Å². The van der Waals surface area contributed by atoms with Crippen molar-refractivity contribution in [3.05, 3.63) is 0 Å². The van der Waals surface area contributed by atoms with Gasteiger partial charge in [0.1, 0.15) is 0 Å². The van der Waals surface area contributed by atoms with E-state index in [2.05, 4.69) is 5.32 Å². The highest BCUT2D eigenvalue weighted by Gasteiger charge is 2.49. The van der Waals surface area contributed by atoms with Crippen molar-refractivity contribution in [3.8, 4) is 0 Å². The number of hydrogen-bond donors (Lipinski definition) is 3. The molecule has 2 aliphatic carbocycles. The molecule has 2 saturated carbocycles. The Labute approximate surface area is 113 Å². The topological polar surface area (TPSA) is 88.0 Å². The number of ether oxygens (including phenoxy) is 2. The maximum Gasteiger partial charge on any atom is 0.404 e. The fourth-order valence-corrected chi connectivity index (χ4v) is 3.91. The summed E-state index contributed by atoms with van der Waals surface area (Å²) in [4.78, 5) is 10.9. The van der Waals surface area contributed by atoms with E-state index in [-0.39, 0.29) is 30.8 Å². The average Bonchev–Trinajstić information content (AvgIpc) is 2.73. The largest absolute Gasteiger partial charge is 0.465 e. The first-order valence-electron chi connectivity index (χ1n) is 6.76. The van der Waals surface area contributed by atoms with Crippen LogP contribution in [0.2, 0.25) is 0 Å². The molecule has 6 nitrogen and oxygen atoms in total. The van der Waals surface area contributed by atoms with Crippen molar-refractivity contribution in [2.45, 2.75) is 37.5 Å². The first kappa shape index (κ1) is 14.6. The molecule has 0 heterocycles. The molecule has 0 aromatic heterocycles. The minimum atomic E-state index is -1.02. The van der Waals surface area contributed by atoms with E-state index >= 15 is 0 Å². The maximum absolute atomic E-state index is 10.9. The summed E-state index contributed by atoms with van der Waals surface area (Å²) in [6.07, 6.45) is 1.41. The fraction of sp³-hybridized carbons (Fsp3) is 0.923. The molecular weight excluding hydrogens is 250 g/mol. The molecule has 2 rings (SSSR count). The summed E-state index contributed by atoms with van der Waals surface area (Å²) >= 11 is 0. The van der Waals surface area contributed by atoms with Crippen LogP contribution < -0.4 is 5.32 Å². The molecule has 0 aromatic carbocycles. The molecule has 0 bridgehead atoms. The number of carboxylic acid groups (broad SMARTS) is 1. The van der Waals surface area contributed by atoms with Crippen LogP contribution in [0.25, 0.3) is 0 Å². The van der Waals surface area contributed by atoms with Gasteiger partial charge in [-0.2, -0.15) is 0 Å². The molecule has 0 aromatic rings. The third kappa shape index (κ3) is 2.85. The highest BCUT2D eigenvalue weighted by Crippen LogP contribution is 2.47. The molecule has 0 radical (unpaired) electrons. The molecular formula is C13H23NO5. The second-order valence-corrected chi connectivity index (χ2v) is 5.58. The fourth-order valence-electron chi connectivity index (χ4n) is 3.91. The van der Waals surface area contributed by atoms with Crippen molar-refractivity contribution in [2.24, 2.45) is 17.8 Å². The predicted octanol–water partition coefficient (Wildman–Crippen LogP) is 0.691. The average molecular weight is 273 g/mol. The van der Waals surface area contributed by atoms with Gasteiger partial charge in [0, 0.05) is 26.7 Å². The number of aliphatic hydroxyl groups is 1. The van der Waals surface area contributed by atoms with E-state index in [0.717, 1.165) is 12.8 Å². The number of rotatable bonds is 4. The SMILES string of the molecule is CO[C@H]1C[C@@H]2C[C@H](OC)[C@@H](NC(=O)O)C[C@H]2[C@@H]1CO. The van der Waals surface area contributed by atoms with Crippen LogP contribution in [0.5, 0.6) is 0 Å². The van der Waals surface area contributed by atoms with Gasteiger partial charge in [0.05, 0.1) is 18.2 Å². The molecule has 19 heavy (non-hydrogen) atoms. The normalized spacial score (nSPS) is 41.8. The highest BCUT2D eigenvalue weighted by atomic mass is 16.5. The van der Waals surface area contributed by atoms with Gasteiger partial charge in [0.25, 0.3) is 0 Å². The van der Waals surface area contributed by atoms with Gasteiger partial charge in [0.15, 0.2) is 0 Å². The minimum absolute atomic E-state index is 0.0704. The molecule has 3 N–H and O–H groups in total. The Morgan fingerprint density at radius 1 is 1.21 bits per heavy atom. The summed E-state index contributed by atoms with van der Waals surface area (Å²) in [5, 5.41) is 21.0. The molecule has 6 heteroatoms. The van der Waals surface area contributed by atoms with Crippen molar-refractivity contribution < 1.29 is 24.5 Å². The minimum Gasteiger partial charge on any atom is -0.465 e. The lowest BCUT2D eigenvalue weighted by atomic mass is 9.74. The van der Waals surface area contributed by atoms with Crippen molar-refractivity contribution in [1.29, 1.82) is 0 Å². The summed E-state index contributed by atoms with van der Waals surface area (Å²) in [5.74, 6) is 0.850. The predicted molar refractivity (Wildman–Crippen MR) is 67.9 cm³/mol. The van der Waals surface area contributed by atoms with Gasteiger partial charge < -0.3 is 25.0 Å². The van der Waals surface area contributed by atoms with E-state index in [4.69, 9.17) is 14.6 Å². The van der Waals surface area contributed by atoms with E-state index in [1.807, 2.05) is 0 Å². The zero-order valence-electron chi connectivity index (χ0n) is 11.4. The van der Waals surface area contributed by atoms with Gasteiger partial charge in [0.2, 0.25) is 0 Å². The van der Waals surface area contributed by atoms with Crippen LogP contribution in [0.3, 0.4) is 0 Å². The van der Waals surface area contributed by atoms with Crippen LogP contribution in [0.4, 0.5) is 4.79 Å². The molecule has 2 aliphatic rings. The monoisotopic (exact) mass is 273 g/mol. The molecule has 0 unspecified atom stereocenters. The van der Waals surface area contributed by atoms with Crippen LogP contribution in [0, 0.1) is 17.8 Å². The quantitative estimate of drug-likeness (QED) is 0.701. The van der Waals surface area contributed by atoms with Crippen LogP contribution in [-0.2, 0) is 9.47 Å². The molecule has 6 atom stereocenters. The second kappa shape index (κ2) is 6.07. The number of carbonyl (C=O) groups is 1. The molecule has 2 fully saturated rings. The van der Waals surface area contributed by atoms with Gasteiger partial charge in [-0.1, -0.05) is 0 Å². The van der Waals surface area contributed by atoms with Gasteiger partial charge in [-0.05, 0) is 31.1 Å². The van der Waals surface area contributed by atoms with E-state index in [0.29, 0.717) is 18.3 Å². The number of methoxy groups -OCH3 is 2. The Hall–Kier alpha value is -0.850. The lowest BCUT2D eigenvalue weighted by molar-refractivity contribution is -0.00687. The zero-order valence-corrected chi connectivity index (χ0v) is 11.4. The van der Waals surface area contributed by atoms with Crippen molar-refractivity contribution >= 4 is 6.09 Å². The van der Waals surface area contributed by atoms with E-state index in [1.165, 1.54) is 0 Å². The van der Waals surface area contributed by atoms with Gasteiger partial charge in [-0.3, -0.25) is 0 Å². The second-order valence-electron chi connectivity index (χ2n) is 5.58. The Balaban J connectivity index is 2.10. The van der Waals surface area contributed by atoms with E-state index in [9.17, 15) is 9.90 Å².